The van der Waals surface area contributed by atoms with Crippen molar-refractivity contribution >= 4 is 10.0 Å². The molecule has 3 fully saturated rings. The molecule has 5 nitrogen and oxygen atoms in total. The molecule has 21 heavy (non-hydrogen) atoms. The predicted molar refractivity (Wildman–Crippen MR) is 80.2 cm³/mol. The van der Waals surface area contributed by atoms with E-state index in [1.165, 1.54) is 6.42 Å². The Morgan fingerprint density at radius 2 is 1.86 bits per heavy atom. The largest absolute Gasteiger partial charge is 0.334 e. The first-order valence-electron chi connectivity index (χ1n) is 8.11. The fraction of sp³-hybridized carbons (Fsp3) is 0.800. The van der Waals surface area contributed by atoms with E-state index in [0.29, 0.717) is 31.0 Å². The van der Waals surface area contributed by atoms with Crippen LogP contribution in [0.15, 0.2) is 18.7 Å². The van der Waals surface area contributed by atoms with Crippen molar-refractivity contribution in [2.45, 2.75) is 49.8 Å². The number of fused-ring (bicyclic) bond motifs is 2. The van der Waals surface area contributed by atoms with Crippen LogP contribution in [0.25, 0.3) is 0 Å². The van der Waals surface area contributed by atoms with E-state index in [4.69, 9.17) is 0 Å². The van der Waals surface area contributed by atoms with Gasteiger partial charge in [0.05, 0.1) is 11.6 Å². The highest BCUT2D eigenvalue weighted by molar-refractivity contribution is 7.89. The smallest absolute Gasteiger partial charge is 0.217 e. The SMILES string of the molecule is O=S(=O)(C1C[C@@H]2CC[C@H]1C2)N1CCC(n2ccnc2)CC1. The molecule has 4 rings (SSSR count). The lowest BCUT2D eigenvalue weighted by molar-refractivity contribution is 0.268. The molecular weight excluding hydrogens is 286 g/mol. The van der Waals surface area contributed by atoms with Crippen molar-refractivity contribution in [3.63, 3.8) is 0 Å². The average Bonchev–Trinajstić information content (AvgIpc) is 3.24. The second kappa shape index (κ2) is 5.09. The molecule has 116 valence electrons. The molecule has 1 unspecified atom stereocenters. The van der Waals surface area contributed by atoms with Crippen LogP contribution in [0, 0.1) is 11.8 Å². The Bertz CT molecular complexity index is 590. The lowest BCUT2D eigenvalue weighted by atomic mass is 10.0. The molecule has 2 heterocycles. The molecule has 2 saturated carbocycles. The minimum atomic E-state index is -3.08. The fourth-order valence-electron chi connectivity index (χ4n) is 4.62. The van der Waals surface area contributed by atoms with Gasteiger partial charge < -0.3 is 4.57 Å². The molecule has 1 aromatic rings. The second-order valence-corrected chi connectivity index (χ2v) is 9.05. The van der Waals surface area contributed by atoms with Crippen molar-refractivity contribution in [1.82, 2.24) is 13.9 Å². The molecule has 2 bridgehead atoms. The van der Waals surface area contributed by atoms with E-state index in [0.717, 1.165) is 32.1 Å². The van der Waals surface area contributed by atoms with Crippen LogP contribution in [-0.2, 0) is 10.0 Å². The van der Waals surface area contributed by atoms with Crippen molar-refractivity contribution in [3.8, 4) is 0 Å². The summed E-state index contributed by atoms with van der Waals surface area (Å²) in [5.41, 5.74) is 0. The van der Waals surface area contributed by atoms with E-state index in [-0.39, 0.29) is 5.25 Å². The molecule has 1 saturated heterocycles. The summed E-state index contributed by atoms with van der Waals surface area (Å²) in [6.45, 7) is 1.33. The topological polar surface area (TPSA) is 55.2 Å². The molecule has 1 aromatic heterocycles. The summed E-state index contributed by atoms with van der Waals surface area (Å²) in [7, 11) is -3.08. The highest BCUT2D eigenvalue weighted by atomic mass is 32.2. The maximum atomic E-state index is 12.9. The van der Waals surface area contributed by atoms with Gasteiger partial charge in [-0.05, 0) is 43.9 Å². The Balaban J connectivity index is 1.43. The standard InChI is InChI=1S/C15H23N3O2S/c19-21(20,15-10-12-1-2-13(15)9-12)18-6-3-14(4-7-18)17-8-5-16-11-17/h5,8,11-15H,1-4,6-7,9-10H2/t12-,13+,15?/m1/s1. The third kappa shape index (κ3) is 2.32. The number of hydrogen-bond donors (Lipinski definition) is 0. The van der Waals surface area contributed by atoms with Gasteiger partial charge in [0.25, 0.3) is 0 Å². The molecular formula is C15H23N3O2S. The zero-order valence-corrected chi connectivity index (χ0v) is 13.1. The lowest BCUT2D eigenvalue weighted by Gasteiger charge is -2.35. The van der Waals surface area contributed by atoms with Crippen LogP contribution in [-0.4, -0.2) is 40.6 Å². The fourth-order valence-corrected chi connectivity index (χ4v) is 6.97. The second-order valence-electron chi connectivity index (χ2n) is 6.90. The summed E-state index contributed by atoms with van der Waals surface area (Å²) >= 11 is 0. The Morgan fingerprint density at radius 1 is 1.05 bits per heavy atom. The summed E-state index contributed by atoms with van der Waals surface area (Å²) in [4.78, 5) is 4.09. The van der Waals surface area contributed by atoms with E-state index < -0.39 is 10.0 Å². The summed E-state index contributed by atoms with van der Waals surface area (Å²) in [6, 6.07) is 0.402. The molecule has 0 aromatic carbocycles. The van der Waals surface area contributed by atoms with Crippen LogP contribution < -0.4 is 0 Å². The van der Waals surface area contributed by atoms with E-state index in [2.05, 4.69) is 9.55 Å². The quantitative estimate of drug-likeness (QED) is 0.858. The molecule has 2 aliphatic carbocycles. The van der Waals surface area contributed by atoms with E-state index >= 15 is 0 Å². The zero-order valence-electron chi connectivity index (χ0n) is 12.3. The Labute approximate surface area is 126 Å². The summed E-state index contributed by atoms with van der Waals surface area (Å²) < 4.78 is 29.6. The predicted octanol–water partition coefficient (Wildman–Crippen LogP) is 2.04. The van der Waals surface area contributed by atoms with Gasteiger partial charge in [-0.3, -0.25) is 0 Å². The zero-order chi connectivity index (χ0) is 14.4. The first-order valence-corrected chi connectivity index (χ1v) is 9.61. The molecule has 3 atom stereocenters. The lowest BCUT2D eigenvalue weighted by Crippen LogP contribution is -2.45. The first-order chi connectivity index (χ1) is 10.1. The van der Waals surface area contributed by atoms with Crippen LogP contribution in [0.5, 0.6) is 0 Å². The molecule has 0 N–H and O–H groups in total. The monoisotopic (exact) mass is 309 g/mol. The molecule has 0 amide bonds. The highest BCUT2D eigenvalue weighted by Gasteiger charge is 2.48. The molecule has 6 heteroatoms. The van der Waals surface area contributed by atoms with Gasteiger partial charge in [0.2, 0.25) is 10.0 Å². The Hall–Kier alpha value is -0.880. The van der Waals surface area contributed by atoms with Gasteiger partial charge >= 0.3 is 0 Å². The van der Waals surface area contributed by atoms with Gasteiger partial charge in [0.1, 0.15) is 0 Å². The minimum absolute atomic E-state index is 0.0824. The molecule has 0 spiro atoms. The van der Waals surface area contributed by atoms with Crippen LogP contribution in [0.3, 0.4) is 0 Å². The average molecular weight is 309 g/mol. The summed E-state index contributed by atoms with van der Waals surface area (Å²) in [5.74, 6) is 1.12. The molecule has 1 aliphatic heterocycles. The summed E-state index contributed by atoms with van der Waals surface area (Å²) in [5, 5.41) is -0.0824. The third-order valence-electron chi connectivity index (χ3n) is 5.79. The van der Waals surface area contributed by atoms with E-state index in [1.54, 1.807) is 10.5 Å². The van der Waals surface area contributed by atoms with Crippen molar-refractivity contribution in [1.29, 1.82) is 0 Å². The number of rotatable bonds is 3. The maximum Gasteiger partial charge on any atom is 0.217 e. The Morgan fingerprint density at radius 3 is 2.43 bits per heavy atom. The van der Waals surface area contributed by atoms with Gasteiger partial charge in [0, 0.05) is 31.5 Å². The van der Waals surface area contributed by atoms with E-state index in [9.17, 15) is 8.42 Å². The van der Waals surface area contributed by atoms with Gasteiger partial charge in [0.15, 0.2) is 0 Å². The number of sulfonamides is 1. The molecule has 0 radical (unpaired) electrons. The van der Waals surface area contributed by atoms with Crippen LogP contribution in [0.2, 0.25) is 0 Å². The van der Waals surface area contributed by atoms with Gasteiger partial charge in [-0.25, -0.2) is 17.7 Å². The highest BCUT2D eigenvalue weighted by Crippen LogP contribution is 2.48. The van der Waals surface area contributed by atoms with Crippen molar-refractivity contribution in [2.75, 3.05) is 13.1 Å². The third-order valence-corrected chi connectivity index (χ3v) is 8.21. The normalized spacial score (nSPS) is 34.6. The number of hydrogen-bond acceptors (Lipinski definition) is 3. The van der Waals surface area contributed by atoms with Crippen LogP contribution in [0.1, 0.15) is 44.6 Å². The number of aromatic nitrogens is 2. The Kier molecular flexibility index (Phi) is 3.34. The number of imidazole rings is 1. The van der Waals surface area contributed by atoms with Crippen molar-refractivity contribution in [3.05, 3.63) is 18.7 Å². The van der Waals surface area contributed by atoms with E-state index in [1.807, 2.05) is 12.5 Å². The van der Waals surface area contributed by atoms with Gasteiger partial charge in [-0.15, -0.1) is 0 Å². The van der Waals surface area contributed by atoms with Crippen LogP contribution in [0.4, 0.5) is 0 Å². The first kappa shape index (κ1) is 13.8. The van der Waals surface area contributed by atoms with Crippen LogP contribution >= 0.6 is 0 Å². The van der Waals surface area contributed by atoms with Gasteiger partial charge in [-0.1, -0.05) is 6.42 Å². The van der Waals surface area contributed by atoms with Gasteiger partial charge in [-0.2, -0.15) is 0 Å². The number of nitrogens with zero attached hydrogens (tertiary/aromatic N) is 3. The van der Waals surface area contributed by atoms with Crippen molar-refractivity contribution in [2.24, 2.45) is 11.8 Å². The maximum absolute atomic E-state index is 12.9. The summed E-state index contributed by atoms with van der Waals surface area (Å²) in [6.07, 6.45) is 11.8. The minimum Gasteiger partial charge on any atom is -0.334 e. The number of piperidine rings is 1. The van der Waals surface area contributed by atoms with Crippen molar-refractivity contribution < 1.29 is 8.42 Å². The molecule has 3 aliphatic rings.